The summed E-state index contributed by atoms with van der Waals surface area (Å²) in [6, 6.07) is 9.60. The lowest BCUT2D eigenvalue weighted by Gasteiger charge is -2.32. The van der Waals surface area contributed by atoms with E-state index in [1.165, 1.54) is 6.20 Å². The van der Waals surface area contributed by atoms with Crippen molar-refractivity contribution in [2.75, 3.05) is 13.1 Å². The highest BCUT2D eigenvalue weighted by atomic mass is 16.4. The van der Waals surface area contributed by atoms with Gasteiger partial charge in [-0.25, -0.2) is 4.79 Å². The fraction of sp³-hybridized carbons (Fsp3) is 0.316. The van der Waals surface area contributed by atoms with Gasteiger partial charge in [0.25, 0.3) is 5.91 Å². The third-order valence-electron chi connectivity index (χ3n) is 4.85. The SMILES string of the molecule is O=C(O)c1cn(CC2CCCN(C(=O)c3cnc4ccccc4c3)C2)nn1. The molecule has 3 heterocycles. The summed E-state index contributed by atoms with van der Waals surface area (Å²) < 4.78 is 1.54. The van der Waals surface area contributed by atoms with E-state index < -0.39 is 5.97 Å². The molecule has 0 aliphatic carbocycles. The van der Waals surface area contributed by atoms with Gasteiger partial charge in [-0.1, -0.05) is 23.4 Å². The number of hydrogen-bond acceptors (Lipinski definition) is 5. The molecule has 1 atom stereocenters. The number of amides is 1. The van der Waals surface area contributed by atoms with E-state index in [0.29, 0.717) is 25.2 Å². The van der Waals surface area contributed by atoms with Gasteiger partial charge in [0.2, 0.25) is 0 Å². The minimum atomic E-state index is -1.09. The van der Waals surface area contributed by atoms with Crippen LogP contribution in [-0.2, 0) is 6.54 Å². The minimum Gasteiger partial charge on any atom is -0.476 e. The van der Waals surface area contributed by atoms with Gasteiger partial charge in [-0.05, 0) is 30.9 Å². The number of carboxylic acids is 1. The zero-order valence-corrected chi connectivity index (χ0v) is 14.7. The van der Waals surface area contributed by atoms with Crippen molar-refractivity contribution < 1.29 is 14.7 Å². The predicted molar refractivity (Wildman–Crippen MR) is 97.4 cm³/mol. The van der Waals surface area contributed by atoms with Crippen LogP contribution in [-0.4, -0.2) is 55.0 Å². The van der Waals surface area contributed by atoms with Crippen LogP contribution in [0.25, 0.3) is 10.9 Å². The van der Waals surface area contributed by atoms with Crippen LogP contribution in [0.5, 0.6) is 0 Å². The van der Waals surface area contributed by atoms with Crippen LogP contribution >= 0.6 is 0 Å². The average Bonchev–Trinajstić information content (AvgIpc) is 3.16. The lowest BCUT2D eigenvalue weighted by molar-refractivity contribution is 0.0658. The van der Waals surface area contributed by atoms with E-state index in [-0.39, 0.29) is 17.5 Å². The number of carbonyl (C=O) groups is 2. The molecule has 0 bridgehead atoms. The van der Waals surface area contributed by atoms with Crippen LogP contribution in [0.2, 0.25) is 0 Å². The number of aromatic carboxylic acids is 1. The van der Waals surface area contributed by atoms with Gasteiger partial charge in [0.1, 0.15) is 0 Å². The Morgan fingerprint density at radius 2 is 2.11 bits per heavy atom. The van der Waals surface area contributed by atoms with Gasteiger partial charge >= 0.3 is 5.97 Å². The lowest BCUT2D eigenvalue weighted by Crippen LogP contribution is -2.41. The van der Waals surface area contributed by atoms with E-state index in [1.807, 2.05) is 35.2 Å². The highest BCUT2D eigenvalue weighted by molar-refractivity contribution is 5.97. The van der Waals surface area contributed by atoms with E-state index in [4.69, 9.17) is 5.11 Å². The van der Waals surface area contributed by atoms with Gasteiger partial charge in [0.15, 0.2) is 5.69 Å². The number of carbonyl (C=O) groups excluding carboxylic acids is 1. The van der Waals surface area contributed by atoms with Gasteiger partial charge in [-0.2, -0.15) is 0 Å². The second-order valence-electron chi connectivity index (χ2n) is 6.81. The van der Waals surface area contributed by atoms with Gasteiger partial charge in [0, 0.05) is 31.2 Å². The summed E-state index contributed by atoms with van der Waals surface area (Å²) in [5, 5.41) is 17.4. The monoisotopic (exact) mass is 365 g/mol. The van der Waals surface area contributed by atoms with Crippen molar-refractivity contribution in [2.24, 2.45) is 5.92 Å². The smallest absolute Gasteiger partial charge is 0.358 e. The molecule has 1 saturated heterocycles. The molecule has 1 N–H and O–H groups in total. The first-order valence-electron chi connectivity index (χ1n) is 8.87. The Bertz CT molecular complexity index is 1000. The molecule has 1 aliphatic heterocycles. The quantitative estimate of drug-likeness (QED) is 0.760. The molecule has 8 nitrogen and oxygen atoms in total. The van der Waals surface area contributed by atoms with Crippen LogP contribution < -0.4 is 0 Å². The minimum absolute atomic E-state index is 0.0252. The number of hydrogen-bond donors (Lipinski definition) is 1. The molecule has 0 spiro atoms. The highest BCUT2D eigenvalue weighted by Gasteiger charge is 2.25. The van der Waals surface area contributed by atoms with Crippen LogP contribution in [0, 0.1) is 5.92 Å². The lowest BCUT2D eigenvalue weighted by atomic mass is 9.97. The average molecular weight is 365 g/mol. The zero-order chi connectivity index (χ0) is 18.8. The molecule has 1 amide bonds. The maximum absolute atomic E-state index is 12.9. The molecular formula is C19H19N5O3. The predicted octanol–water partition coefficient (Wildman–Crippen LogP) is 2.08. The summed E-state index contributed by atoms with van der Waals surface area (Å²) in [6.45, 7) is 1.86. The Kier molecular flexibility index (Phi) is 4.53. The first-order chi connectivity index (χ1) is 13.1. The van der Waals surface area contributed by atoms with Crippen LogP contribution in [0.15, 0.2) is 42.7 Å². The van der Waals surface area contributed by atoms with Gasteiger partial charge in [-0.3, -0.25) is 14.5 Å². The highest BCUT2D eigenvalue weighted by Crippen LogP contribution is 2.21. The van der Waals surface area contributed by atoms with Gasteiger partial charge < -0.3 is 10.0 Å². The normalized spacial score (nSPS) is 17.2. The number of para-hydroxylation sites is 1. The van der Waals surface area contributed by atoms with Crippen molar-refractivity contribution in [3.8, 4) is 0 Å². The molecular weight excluding hydrogens is 346 g/mol. The number of pyridine rings is 1. The molecule has 0 saturated carbocycles. The summed E-state index contributed by atoms with van der Waals surface area (Å²) in [6.07, 6.45) is 4.92. The summed E-state index contributed by atoms with van der Waals surface area (Å²) in [5.41, 5.74) is 1.38. The number of nitrogens with zero attached hydrogens (tertiary/aromatic N) is 5. The Morgan fingerprint density at radius 3 is 2.93 bits per heavy atom. The topological polar surface area (TPSA) is 101 Å². The van der Waals surface area contributed by atoms with Crippen LogP contribution in [0.3, 0.4) is 0 Å². The number of piperidine rings is 1. The van der Waals surface area contributed by atoms with E-state index in [9.17, 15) is 9.59 Å². The standard InChI is InChI=1S/C19H19N5O3/c25-18(15-8-14-5-1-2-6-16(14)20-9-15)23-7-3-4-13(10-23)11-24-12-17(19(26)27)21-22-24/h1-2,5-6,8-9,12-13H,3-4,7,10-11H2,(H,26,27). The van der Waals surface area contributed by atoms with E-state index in [0.717, 1.165) is 23.7 Å². The van der Waals surface area contributed by atoms with Crippen molar-refractivity contribution in [1.29, 1.82) is 0 Å². The largest absolute Gasteiger partial charge is 0.476 e. The van der Waals surface area contributed by atoms with Crippen molar-refractivity contribution >= 4 is 22.8 Å². The first-order valence-corrected chi connectivity index (χ1v) is 8.87. The molecule has 3 aromatic rings. The molecule has 8 heteroatoms. The number of aromatic nitrogens is 4. The molecule has 4 rings (SSSR count). The molecule has 27 heavy (non-hydrogen) atoms. The van der Waals surface area contributed by atoms with Crippen molar-refractivity contribution in [3.63, 3.8) is 0 Å². The summed E-state index contributed by atoms with van der Waals surface area (Å²) in [5.74, 6) is -0.910. The second kappa shape index (κ2) is 7.14. The third-order valence-corrected chi connectivity index (χ3v) is 4.85. The fourth-order valence-electron chi connectivity index (χ4n) is 3.52. The van der Waals surface area contributed by atoms with Gasteiger partial charge in [-0.15, -0.1) is 5.10 Å². The summed E-state index contributed by atoms with van der Waals surface area (Å²) in [7, 11) is 0. The summed E-state index contributed by atoms with van der Waals surface area (Å²) >= 11 is 0. The maximum Gasteiger partial charge on any atom is 0.358 e. The van der Waals surface area contributed by atoms with E-state index in [1.54, 1.807) is 10.9 Å². The van der Waals surface area contributed by atoms with Crippen molar-refractivity contribution in [1.82, 2.24) is 24.9 Å². The van der Waals surface area contributed by atoms with Crippen molar-refractivity contribution in [2.45, 2.75) is 19.4 Å². The fourth-order valence-corrected chi connectivity index (χ4v) is 3.52. The molecule has 2 aromatic heterocycles. The van der Waals surface area contributed by atoms with Crippen molar-refractivity contribution in [3.05, 3.63) is 54.0 Å². The first kappa shape index (κ1) is 17.1. The molecule has 1 fully saturated rings. The van der Waals surface area contributed by atoms with Crippen LogP contribution in [0.1, 0.15) is 33.7 Å². The second-order valence-corrected chi connectivity index (χ2v) is 6.81. The third kappa shape index (κ3) is 3.64. The Hall–Kier alpha value is -3.29. The number of rotatable bonds is 4. The number of benzene rings is 1. The molecule has 138 valence electrons. The Labute approximate surface area is 155 Å². The van der Waals surface area contributed by atoms with Gasteiger partial charge in [0.05, 0.1) is 17.3 Å². The number of fused-ring (bicyclic) bond motifs is 1. The Balaban J connectivity index is 1.46. The molecule has 1 unspecified atom stereocenters. The number of carboxylic acid groups (broad SMARTS) is 1. The Morgan fingerprint density at radius 1 is 1.26 bits per heavy atom. The molecule has 0 radical (unpaired) electrons. The zero-order valence-electron chi connectivity index (χ0n) is 14.7. The molecule has 1 aliphatic rings. The van der Waals surface area contributed by atoms with E-state index >= 15 is 0 Å². The number of likely N-dealkylation sites (tertiary alicyclic amines) is 1. The summed E-state index contributed by atoms with van der Waals surface area (Å²) in [4.78, 5) is 30.1. The van der Waals surface area contributed by atoms with E-state index in [2.05, 4.69) is 15.3 Å². The maximum atomic E-state index is 12.9. The van der Waals surface area contributed by atoms with Crippen LogP contribution in [0.4, 0.5) is 0 Å². The molecule has 1 aromatic carbocycles.